The standard InChI is InChI=1S/C11H8N4O3S2/c16-9(7-2-1-3-8(6-7)15(17)18)13-10(19)14-11-12-4-5-20-11/h1-6H,(H2,12,13,14,16,19). The molecule has 20 heavy (non-hydrogen) atoms. The SMILES string of the molecule is O=C(NC(=S)Nc1nccs1)c1cccc([N+](=O)[O-])c1. The predicted molar refractivity (Wildman–Crippen MR) is 78.9 cm³/mol. The van der Waals surface area contributed by atoms with E-state index in [1.165, 1.54) is 35.6 Å². The fraction of sp³-hybridized carbons (Fsp3) is 0. The maximum atomic E-state index is 11.9. The Balaban J connectivity index is 2.02. The van der Waals surface area contributed by atoms with Gasteiger partial charge in [-0.15, -0.1) is 11.3 Å². The molecule has 0 aliphatic carbocycles. The van der Waals surface area contributed by atoms with Crippen molar-refractivity contribution < 1.29 is 9.72 Å². The second-order valence-corrected chi connectivity index (χ2v) is 4.86. The van der Waals surface area contributed by atoms with Gasteiger partial charge in [0.25, 0.3) is 11.6 Å². The summed E-state index contributed by atoms with van der Waals surface area (Å²) in [4.78, 5) is 25.9. The molecule has 2 N–H and O–H groups in total. The quantitative estimate of drug-likeness (QED) is 0.512. The highest BCUT2D eigenvalue weighted by Gasteiger charge is 2.12. The van der Waals surface area contributed by atoms with Crippen molar-refractivity contribution in [2.45, 2.75) is 0 Å². The molecular weight excluding hydrogens is 300 g/mol. The van der Waals surface area contributed by atoms with Gasteiger partial charge in [0.15, 0.2) is 10.2 Å². The molecule has 9 heteroatoms. The Morgan fingerprint density at radius 3 is 2.90 bits per heavy atom. The number of carbonyl (C=O) groups excluding carboxylic acids is 1. The number of thiocarbonyl (C=S) groups is 1. The van der Waals surface area contributed by atoms with Crippen LogP contribution in [0.3, 0.4) is 0 Å². The van der Waals surface area contributed by atoms with Crippen LogP contribution in [0.4, 0.5) is 10.8 Å². The molecule has 102 valence electrons. The summed E-state index contributed by atoms with van der Waals surface area (Å²) in [5.74, 6) is -0.525. The van der Waals surface area contributed by atoms with Crippen LogP contribution < -0.4 is 10.6 Å². The van der Waals surface area contributed by atoms with Gasteiger partial charge in [0.2, 0.25) is 0 Å². The zero-order valence-electron chi connectivity index (χ0n) is 9.90. The number of anilines is 1. The molecule has 1 heterocycles. The molecule has 0 saturated heterocycles. The maximum absolute atomic E-state index is 11.9. The number of nitrogens with one attached hydrogen (secondary N) is 2. The Morgan fingerprint density at radius 2 is 2.25 bits per heavy atom. The molecule has 7 nitrogen and oxygen atoms in total. The monoisotopic (exact) mass is 308 g/mol. The molecule has 0 unspecified atom stereocenters. The Hall–Kier alpha value is -2.39. The van der Waals surface area contributed by atoms with E-state index in [-0.39, 0.29) is 16.4 Å². The summed E-state index contributed by atoms with van der Waals surface area (Å²) in [6.45, 7) is 0. The summed E-state index contributed by atoms with van der Waals surface area (Å²) in [6.07, 6.45) is 1.60. The van der Waals surface area contributed by atoms with Gasteiger partial charge in [0.1, 0.15) is 0 Å². The van der Waals surface area contributed by atoms with Gasteiger partial charge in [-0.2, -0.15) is 0 Å². The molecule has 0 aliphatic rings. The summed E-state index contributed by atoms with van der Waals surface area (Å²) in [5.41, 5.74) is -0.000982. The molecule has 1 aromatic carbocycles. The molecule has 0 aliphatic heterocycles. The number of aromatic nitrogens is 1. The third-order valence-electron chi connectivity index (χ3n) is 2.20. The average Bonchev–Trinajstić information content (AvgIpc) is 2.91. The molecule has 0 radical (unpaired) electrons. The molecule has 0 bridgehead atoms. The maximum Gasteiger partial charge on any atom is 0.270 e. The number of rotatable bonds is 3. The van der Waals surface area contributed by atoms with Crippen LogP contribution >= 0.6 is 23.6 Å². The van der Waals surface area contributed by atoms with Crippen molar-refractivity contribution in [1.82, 2.24) is 10.3 Å². The van der Waals surface area contributed by atoms with Crippen molar-refractivity contribution in [2.24, 2.45) is 0 Å². The number of nitrogens with zero attached hydrogens (tertiary/aromatic N) is 2. The third kappa shape index (κ3) is 3.56. The van der Waals surface area contributed by atoms with Gasteiger partial charge >= 0.3 is 0 Å². The predicted octanol–water partition coefficient (Wildman–Crippen LogP) is 2.18. The molecule has 0 spiro atoms. The second-order valence-electron chi connectivity index (χ2n) is 3.55. The van der Waals surface area contributed by atoms with Crippen molar-refractivity contribution in [2.75, 3.05) is 5.32 Å². The van der Waals surface area contributed by atoms with Crippen LogP contribution in [0, 0.1) is 10.1 Å². The van der Waals surface area contributed by atoms with Crippen molar-refractivity contribution in [1.29, 1.82) is 0 Å². The number of hydrogen-bond donors (Lipinski definition) is 2. The van der Waals surface area contributed by atoms with E-state index in [1.54, 1.807) is 11.6 Å². The minimum absolute atomic E-state index is 0.0801. The van der Waals surface area contributed by atoms with Crippen molar-refractivity contribution >= 4 is 45.4 Å². The molecule has 0 fully saturated rings. The first-order valence-electron chi connectivity index (χ1n) is 5.32. The fourth-order valence-corrected chi connectivity index (χ4v) is 2.14. The van der Waals surface area contributed by atoms with Gasteiger partial charge in [-0.05, 0) is 18.3 Å². The summed E-state index contributed by atoms with van der Waals surface area (Å²) in [5, 5.41) is 18.2. The summed E-state index contributed by atoms with van der Waals surface area (Å²) in [6, 6.07) is 5.39. The summed E-state index contributed by atoms with van der Waals surface area (Å²) in [7, 11) is 0. The van der Waals surface area contributed by atoms with Crippen LogP contribution in [-0.4, -0.2) is 20.9 Å². The number of carbonyl (C=O) groups is 1. The van der Waals surface area contributed by atoms with Crippen LogP contribution in [0.1, 0.15) is 10.4 Å². The van der Waals surface area contributed by atoms with E-state index in [0.717, 1.165) is 0 Å². The smallest absolute Gasteiger partial charge is 0.270 e. The Labute approximate surface area is 122 Å². The van der Waals surface area contributed by atoms with E-state index in [4.69, 9.17) is 12.2 Å². The zero-order chi connectivity index (χ0) is 14.5. The van der Waals surface area contributed by atoms with Gasteiger partial charge in [-0.25, -0.2) is 4.98 Å². The highest BCUT2D eigenvalue weighted by atomic mass is 32.1. The largest absolute Gasteiger partial charge is 0.308 e. The third-order valence-corrected chi connectivity index (χ3v) is 3.09. The summed E-state index contributed by atoms with van der Waals surface area (Å²) >= 11 is 6.28. The van der Waals surface area contributed by atoms with Gasteiger partial charge in [-0.1, -0.05) is 6.07 Å². The van der Waals surface area contributed by atoms with Crippen LogP contribution in [0.5, 0.6) is 0 Å². The Kier molecular flexibility index (Phi) is 4.33. The lowest BCUT2D eigenvalue weighted by molar-refractivity contribution is -0.384. The molecule has 0 atom stereocenters. The normalized spacial score (nSPS) is 9.80. The molecule has 2 aromatic rings. The Morgan fingerprint density at radius 1 is 1.45 bits per heavy atom. The highest BCUT2D eigenvalue weighted by Crippen LogP contribution is 2.13. The van der Waals surface area contributed by atoms with Crippen molar-refractivity contribution in [3.05, 3.63) is 51.5 Å². The van der Waals surface area contributed by atoms with Gasteiger partial charge in [0, 0.05) is 29.3 Å². The van der Waals surface area contributed by atoms with Crippen LogP contribution in [0.2, 0.25) is 0 Å². The zero-order valence-corrected chi connectivity index (χ0v) is 11.5. The lowest BCUT2D eigenvalue weighted by atomic mass is 10.2. The number of non-ortho nitro benzene ring substituents is 1. The van der Waals surface area contributed by atoms with E-state index < -0.39 is 10.8 Å². The van der Waals surface area contributed by atoms with Crippen LogP contribution in [0.25, 0.3) is 0 Å². The topological polar surface area (TPSA) is 97.2 Å². The number of thiazole rings is 1. The summed E-state index contributed by atoms with van der Waals surface area (Å²) < 4.78 is 0. The van der Waals surface area contributed by atoms with E-state index in [2.05, 4.69) is 15.6 Å². The van der Waals surface area contributed by atoms with Gasteiger partial charge in [-0.3, -0.25) is 20.2 Å². The van der Waals surface area contributed by atoms with E-state index in [0.29, 0.717) is 5.13 Å². The average molecular weight is 308 g/mol. The molecular formula is C11H8N4O3S2. The number of nitro benzene ring substituents is 1. The number of nitro groups is 1. The van der Waals surface area contributed by atoms with Gasteiger partial charge in [0.05, 0.1) is 4.92 Å². The van der Waals surface area contributed by atoms with Crippen molar-refractivity contribution in [3.8, 4) is 0 Å². The highest BCUT2D eigenvalue weighted by molar-refractivity contribution is 7.80. The number of hydrogen-bond acceptors (Lipinski definition) is 6. The van der Waals surface area contributed by atoms with E-state index in [1.807, 2.05) is 0 Å². The molecule has 1 aromatic heterocycles. The lowest BCUT2D eigenvalue weighted by Crippen LogP contribution is -2.34. The fourth-order valence-electron chi connectivity index (χ4n) is 1.35. The Bertz CT molecular complexity index is 657. The van der Waals surface area contributed by atoms with Crippen LogP contribution in [0.15, 0.2) is 35.8 Å². The van der Waals surface area contributed by atoms with E-state index in [9.17, 15) is 14.9 Å². The minimum Gasteiger partial charge on any atom is -0.308 e. The first-order valence-corrected chi connectivity index (χ1v) is 6.61. The number of benzene rings is 1. The van der Waals surface area contributed by atoms with Crippen LogP contribution in [-0.2, 0) is 0 Å². The lowest BCUT2D eigenvalue weighted by Gasteiger charge is -2.06. The number of amides is 1. The first-order chi connectivity index (χ1) is 9.56. The van der Waals surface area contributed by atoms with Crippen molar-refractivity contribution in [3.63, 3.8) is 0 Å². The minimum atomic E-state index is -0.567. The molecule has 0 saturated carbocycles. The van der Waals surface area contributed by atoms with Gasteiger partial charge < -0.3 is 5.32 Å². The first kappa shape index (κ1) is 14.0. The molecule has 1 amide bonds. The van der Waals surface area contributed by atoms with E-state index >= 15 is 0 Å². The molecule has 2 rings (SSSR count). The second kappa shape index (κ2) is 6.17.